The maximum absolute atomic E-state index is 13.3. The van der Waals surface area contributed by atoms with Crippen molar-refractivity contribution in [3.8, 4) is 5.75 Å². The topological polar surface area (TPSA) is 101 Å². The lowest BCUT2D eigenvalue weighted by atomic mass is 10.0. The van der Waals surface area contributed by atoms with Gasteiger partial charge in [-0.25, -0.2) is 4.39 Å². The number of carbonyl (C=O) groups excluding carboxylic acids is 2. The zero-order chi connectivity index (χ0) is 22.4. The van der Waals surface area contributed by atoms with E-state index in [4.69, 9.17) is 16.3 Å². The molecule has 0 saturated carbocycles. The lowest BCUT2D eigenvalue weighted by molar-refractivity contribution is 0.0192. The molecule has 0 saturated heterocycles. The van der Waals surface area contributed by atoms with E-state index in [1.54, 1.807) is 9.47 Å². The van der Waals surface area contributed by atoms with Gasteiger partial charge in [0.05, 0.1) is 30.0 Å². The first kappa shape index (κ1) is 21.3. The van der Waals surface area contributed by atoms with Crippen molar-refractivity contribution in [2.24, 2.45) is 0 Å². The molecule has 0 bridgehead atoms. The summed E-state index contributed by atoms with van der Waals surface area (Å²) < 4.78 is 20.5. The number of amides is 2. The van der Waals surface area contributed by atoms with Crippen LogP contribution in [0.2, 0.25) is 5.02 Å². The van der Waals surface area contributed by atoms with Gasteiger partial charge in [-0.2, -0.15) is 0 Å². The molecule has 2 aromatic rings. The number of ether oxygens (including phenoxy) is 1. The fourth-order valence-corrected chi connectivity index (χ4v) is 4.22. The summed E-state index contributed by atoms with van der Waals surface area (Å²) in [5.41, 5.74) is -0.535. The average molecular weight is 450 g/mol. The maximum Gasteiger partial charge on any atom is 0.274 e. The van der Waals surface area contributed by atoms with E-state index >= 15 is 0 Å². The molecule has 4 rings (SSSR count). The van der Waals surface area contributed by atoms with Crippen LogP contribution in [-0.2, 0) is 17.9 Å². The smallest absolute Gasteiger partial charge is 0.274 e. The summed E-state index contributed by atoms with van der Waals surface area (Å²) in [6.07, 6.45) is 0. The van der Waals surface area contributed by atoms with Crippen LogP contribution >= 0.6 is 11.6 Å². The third-order valence-electron chi connectivity index (χ3n) is 5.56. The molecule has 1 aromatic heterocycles. The van der Waals surface area contributed by atoms with E-state index < -0.39 is 28.8 Å². The highest BCUT2D eigenvalue weighted by molar-refractivity contribution is 6.30. The minimum atomic E-state index is -0.931. The minimum absolute atomic E-state index is 0.00936. The summed E-state index contributed by atoms with van der Waals surface area (Å²) in [5.74, 6) is -2.52. The number of hydrogen-bond donors (Lipinski definition) is 2. The maximum atomic E-state index is 13.3. The van der Waals surface area contributed by atoms with Crippen LogP contribution in [0.5, 0.6) is 5.75 Å². The highest BCUT2D eigenvalue weighted by atomic mass is 35.5. The number of aromatic hydroxyl groups is 1. The quantitative estimate of drug-likeness (QED) is 0.745. The van der Waals surface area contributed by atoms with Crippen molar-refractivity contribution in [2.45, 2.75) is 39.1 Å². The van der Waals surface area contributed by atoms with Gasteiger partial charge in [-0.3, -0.25) is 14.4 Å². The van der Waals surface area contributed by atoms with Crippen LogP contribution in [-0.4, -0.2) is 45.6 Å². The molecule has 1 unspecified atom stereocenters. The van der Waals surface area contributed by atoms with Crippen molar-refractivity contribution < 1.29 is 23.8 Å². The highest BCUT2D eigenvalue weighted by Gasteiger charge is 2.40. The Morgan fingerprint density at radius 2 is 2.13 bits per heavy atom. The Hall–Kier alpha value is -2.91. The fraction of sp³-hybridized carbons (Fsp3) is 0.381. The Kier molecular flexibility index (Phi) is 5.49. The predicted molar refractivity (Wildman–Crippen MR) is 110 cm³/mol. The first-order chi connectivity index (χ1) is 14.7. The second-order valence-corrected chi connectivity index (χ2v) is 8.28. The number of pyridine rings is 1. The summed E-state index contributed by atoms with van der Waals surface area (Å²) in [6.45, 7) is 4.26. The molecular weight excluding hydrogens is 429 g/mol. The molecule has 2 amide bonds. The van der Waals surface area contributed by atoms with Crippen molar-refractivity contribution in [1.29, 1.82) is 0 Å². The Balaban J connectivity index is 1.73. The van der Waals surface area contributed by atoms with Gasteiger partial charge in [-0.15, -0.1) is 0 Å². The van der Waals surface area contributed by atoms with Crippen LogP contribution in [0.3, 0.4) is 0 Å². The number of nitrogens with one attached hydrogen (secondary N) is 1. The second-order valence-electron chi connectivity index (χ2n) is 7.87. The van der Waals surface area contributed by atoms with Crippen molar-refractivity contribution in [1.82, 2.24) is 14.8 Å². The van der Waals surface area contributed by atoms with Crippen LogP contribution < -0.4 is 10.7 Å². The van der Waals surface area contributed by atoms with Gasteiger partial charge in [0.25, 0.3) is 11.8 Å². The number of nitrogens with zero attached hydrogens (tertiary/aromatic N) is 2. The predicted octanol–water partition coefficient (Wildman–Crippen LogP) is 2.21. The van der Waals surface area contributed by atoms with Gasteiger partial charge in [-0.1, -0.05) is 17.7 Å². The molecule has 0 spiro atoms. The molecule has 2 aliphatic rings. The number of carbonyl (C=O) groups is 2. The number of aromatic nitrogens is 1. The van der Waals surface area contributed by atoms with E-state index in [1.165, 1.54) is 18.2 Å². The number of hydrogen-bond acceptors (Lipinski definition) is 5. The molecule has 31 heavy (non-hydrogen) atoms. The van der Waals surface area contributed by atoms with E-state index in [9.17, 15) is 23.9 Å². The second kappa shape index (κ2) is 7.97. The first-order valence-electron chi connectivity index (χ1n) is 9.81. The standard InChI is InChI=1S/C21H21ClFN3O5/c1-10(2)25-7-12-8-31-9-15-16(18(27)19(28)17(21(25)30)26(12)15)20(29)24-6-11-3-4-14(23)13(22)5-11/h3-5,10,12,28H,6-9H2,1-2H3,(H,24,29). The van der Waals surface area contributed by atoms with Crippen molar-refractivity contribution >= 4 is 23.4 Å². The van der Waals surface area contributed by atoms with Crippen LogP contribution in [0.25, 0.3) is 0 Å². The zero-order valence-electron chi connectivity index (χ0n) is 16.9. The van der Waals surface area contributed by atoms with Gasteiger partial charge in [0.2, 0.25) is 5.43 Å². The van der Waals surface area contributed by atoms with Crippen LogP contribution in [0.1, 0.15) is 52.0 Å². The number of rotatable bonds is 4. The Morgan fingerprint density at radius 1 is 1.39 bits per heavy atom. The van der Waals surface area contributed by atoms with E-state index in [2.05, 4.69) is 5.32 Å². The average Bonchev–Trinajstić information content (AvgIpc) is 2.73. The number of benzene rings is 1. The van der Waals surface area contributed by atoms with Gasteiger partial charge in [0.15, 0.2) is 11.4 Å². The number of halogens is 2. The van der Waals surface area contributed by atoms with E-state index in [0.717, 1.165) is 0 Å². The Morgan fingerprint density at radius 3 is 2.81 bits per heavy atom. The largest absolute Gasteiger partial charge is 0.503 e. The molecule has 1 aromatic carbocycles. The van der Waals surface area contributed by atoms with Gasteiger partial charge >= 0.3 is 0 Å². The van der Waals surface area contributed by atoms with Gasteiger partial charge < -0.3 is 24.6 Å². The van der Waals surface area contributed by atoms with Crippen molar-refractivity contribution in [2.75, 3.05) is 13.2 Å². The summed E-state index contributed by atoms with van der Waals surface area (Å²) in [7, 11) is 0. The monoisotopic (exact) mass is 449 g/mol. The highest BCUT2D eigenvalue weighted by Crippen LogP contribution is 2.33. The fourth-order valence-electron chi connectivity index (χ4n) is 4.02. The zero-order valence-corrected chi connectivity index (χ0v) is 17.7. The van der Waals surface area contributed by atoms with Crippen molar-refractivity contribution in [3.63, 3.8) is 0 Å². The van der Waals surface area contributed by atoms with E-state index in [1.807, 2.05) is 13.8 Å². The SMILES string of the molecule is CC(C)N1CC2COCc3c(C(=O)NCc4ccc(F)c(Cl)c4)c(=O)c(O)c(n32)C1=O. The molecule has 164 valence electrons. The summed E-state index contributed by atoms with van der Waals surface area (Å²) >= 11 is 5.76. The van der Waals surface area contributed by atoms with Crippen LogP contribution in [0.15, 0.2) is 23.0 Å². The molecule has 10 heteroatoms. The molecule has 0 fully saturated rings. The van der Waals surface area contributed by atoms with Gasteiger partial charge in [0, 0.05) is 19.1 Å². The molecule has 8 nitrogen and oxygen atoms in total. The normalized spacial score (nSPS) is 17.6. The molecule has 0 radical (unpaired) electrons. The molecule has 1 atom stereocenters. The lowest BCUT2D eigenvalue weighted by Gasteiger charge is -2.41. The van der Waals surface area contributed by atoms with Gasteiger partial charge in [-0.05, 0) is 31.5 Å². The first-order valence-corrected chi connectivity index (χ1v) is 10.2. The Labute approximate surface area is 182 Å². The molecular formula is C21H21ClFN3O5. The van der Waals surface area contributed by atoms with Gasteiger partial charge in [0.1, 0.15) is 11.4 Å². The molecule has 2 N–H and O–H groups in total. The summed E-state index contributed by atoms with van der Waals surface area (Å²) in [4.78, 5) is 40.3. The van der Waals surface area contributed by atoms with Crippen molar-refractivity contribution in [3.05, 3.63) is 61.8 Å². The summed E-state index contributed by atoms with van der Waals surface area (Å²) in [6, 6.07) is 3.55. The summed E-state index contributed by atoms with van der Waals surface area (Å²) in [5, 5.41) is 13.1. The minimum Gasteiger partial charge on any atom is -0.503 e. The molecule has 0 aliphatic carbocycles. The lowest BCUT2D eigenvalue weighted by Crippen LogP contribution is -2.51. The third-order valence-corrected chi connectivity index (χ3v) is 5.85. The van der Waals surface area contributed by atoms with E-state index in [-0.39, 0.29) is 53.8 Å². The molecule has 3 heterocycles. The Bertz CT molecular complexity index is 1150. The van der Waals surface area contributed by atoms with Crippen LogP contribution in [0.4, 0.5) is 4.39 Å². The molecule has 2 aliphatic heterocycles. The third kappa shape index (κ3) is 3.57. The van der Waals surface area contributed by atoms with E-state index in [0.29, 0.717) is 12.1 Å². The van der Waals surface area contributed by atoms with Crippen LogP contribution in [0, 0.1) is 5.82 Å².